The van der Waals surface area contributed by atoms with Crippen LogP contribution in [0.3, 0.4) is 0 Å². The summed E-state index contributed by atoms with van der Waals surface area (Å²) in [4.78, 5) is 22.7. The Morgan fingerprint density at radius 1 is 0.966 bits per heavy atom. The van der Waals surface area contributed by atoms with Crippen molar-refractivity contribution in [2.75, 3.05) is 5.32 Å². The van der Waals surface area contributed by atoms with Gasteiger partial charge < -0.3 is 10.4 Å². The van der Waals surface area contributed by atoms with Crippen molar-refractivity contribution in [2.45, 2.75) is 13.0 Å². The summed E-state index contributed by atoms with van der Waals surface area (Å²) in [6.45, 7) is -0.00120. The quantitative estimate of drug-likeness (QED) is 0.497. The second kappa shape index (κ2) is 8.77. The number of nitrogens with zero attached hydrogens (tertiary/aromatic N) is 2. The summed E-state index contributed by atoms with van der Waals surface area (Å²) in [5.41, 5.74) is 4.03. The van der Waals surface area contributed by atoms with Gasteiger partial charge in [-0.15, -0.1) is 11.3 Å². The smallest absolute Gasteiger partial charge is 0.230 e. The van der Waals surface area contributed by atoms with Crippen LogP contribution in [0.2, 0.25) is 0 Å². The molecule has 0 aliphatic heterocycles. The average Bonchev–Trinajstić information content (AvgIpc) is 3.29. The standard InChI is InChI=1S/C23H19N3O2S/c27-15-17-8-10-18(11-9-17)19-14-24-23(22(25-19)20-7-4-12-29-20)26-21(28)13-16-5-2-1-3-6-16/h1-12,14,27H,13,15H2,(H,24,26,28). The van der Waals surface area contributed by atoms with Crippen molar-refractivity contribution in [1.82, 2.24) is 9.97 Å². The van der Waals surface area contributed by atoms with Crippen molar-refractivity contribution in [2.24, 2.45) is 0 Å². The van der Waals surface area contributed by atoms with Crippen LogP contribution in [0.4, 0.5) is 5.82 Å². The maximum Gasteiger partial charge on any atom is 0.230 e. The highest BCUT2D eigenvalue weighted by atomic mass is 32.1. The molecule has 0 saturated carbocycles. The Balaban J connectivity index is 1.63. The molecule has 0 aliphatic rings. The third-order valence-electron chi connectivity index (χ3n) is 4.42. The Labute approximate surface area is 172 Å². The van der Waals surface area contributed by atoms with E-state index < -0.39 is 0 Å². The Morgan fingerprint density at radius 3 is 2.45 bits per heavy atom. The van der Waals surface area contributed by atoms with E-state index in [0.717, 1.165) is 21.6 Å². The summed E-state index contributed by atoms with van der Waals surface area (Å²) in [6.07, 6.45) is 1.93. The molecule has 0 spiro atoms. The summed E-state index contributed by atoms with van der Waals surface area (Å²) < 4.78 is 0. The van der Waals surface area contributed by atoms with E-state index >= 15 is 0 Å². The highest BCUT2D eigenvalue weighted by Crippen LogP contribution is 2.31. The molecule has 4 rings (SSSR count). The predicted octanol–water partition coefficient (Wildman–Crippen LogP) is 4.55. The molecule has 0 atom stereocenters. The first kappa shape index (κ1) is 19.0. The number of carbonyl (C=O) groups is 1. The zero-order valence-electron chi connectivity index (χ0n) is 15.6. The number of nitrogens with one attached hydrogen (secondary N) is 1. The summed E-state index contributed by atoms with van der Waals surface area (Å²) in [6, 6.07) is 21.0. The summed E-state index contributed by atoms with van der Waals surface area (Å²) >= 11 is 1.54. The van der Waals surface area contributed by atoms with Gasteiger partial charge in [0.05, 0.1) is 29.8 Å². The predicted molar refractivity (Wildman–Crippen MR) is 115 cm³/mol. The molecule has 1 amide bonds. The number of hydrogen-bond donors (Lipinski definition) is 2. The van der Waals surface area contributed by atoms with Crippen molar-refractivity contribution in [3.8, 4) is 21.8 Å². The lowest BCUT2D eigenvalue weighted by Crippen LogP contribution is -2.16. The Kier molecular flexibility index (Phi) is 5.74. The number of thiophene rings is 1. The number of rotatable bonds is 6. The zero-order chi connectivity index (χ0) is 20.1. The van der Waals surface area contributed by atoms with Gasteiger partial charge in [0.1, 0.15) is 5.69 Å². The van der Waals surface area contributed by atoms with E-state index in [1.807, 2.05) is 72.1 Å². The fraction of sp³-hybridized carbons (Fsp3) is 0.0870. The van der Waals surface area contributed by atoms with E-state index in [4.69, 9.17) is 4.98 Å². The molecular formula is C23H19N3O2S. The number of carbonyl (C=O) groups excluding carboxylic acids is 1. The van der Waals surface area contributed by atoms with Crippen molar-refractivity contribution >= 4 is 23.1 Å². The number of aliphatic hydroxyl groups is 1. The Hall–Kier alpha value is -3.35. The Bertz CT molecular complexity index is 1090. The van der Waals surface area contributed by atoms with Crippen LogP contribution in [0.5, 0.6) is 0 Å². The fourth-order valence-corrected chi connectivity index (χ4v) is 3.66. The van der Waals surface area contributed by atoms with Crippen LogP contribution in [0.25, 0.3) is 21.8 Å². The van der Waals surface area contributed by atoms with Gasteiger partial charge in [-0.3, -0.25) is 4.79 Å². The third kappa shape index (κ3) is 4.56. The zero-order valence-corrected chi connectivity index (χ0v) is 16.4. The highest BCUT2D eigenvalue weighted by molar-refractivity contribution is 7.13. The van der Waals surface area contributed by atoms with Gasteiger partial charge in [-0.1, -0.05) is 60.7 Å². The Morgan fingerprint density at radius 2 is 1.76 bits per heavy atom. The van der Waals surface area contributed by atoms with Crippen LogP contribution in [0.1, 0.15) is 11.1 Å². The van der Waals surface area contributed by atoms with E-state index in [-0.39, 0.29) is 18.9 Å². The minimum absolute atomic E-state index is 0.00120. The number of benzene rings is 2. The molecule has 2 aromatic carbocycles. The topological polar surface area (TPSA) is 75.1 Å². The van der Waals surface area contributed by atoms with Gasteiger partial charge >= 0.3 is 0 Å². The van der Waals surface area contributed by atoms with Gasteiger partial charge in [-0.05, 0) is 22.6 Å². The molecule has 144 valence electrons. The maximum atomic E-state index is 12.5. The SMILES string of the molecule is O=C(Cc1ccccc1)Nc1ncc(-c2ccc(CO)cc2)nc1-c1cccs1. The number of amides is 1. The fourth-order valence-electron chi connectivity index (χ4n) is 2.94. The van der Waals surface area contributed by atoms with Crippen LogP contribution in [-0.4, -0.2) is 21.0 Å². The average molecular weight is 401 g/mol. The van der Waals surface area contributed by atoms with Crippen molar-refractivity contribution in [3.05, 3.63) is 89.4 Å². The highest BCUT2D eigenvalue weighted by Gasteiger charge is 2.15. The first-order valence-electron chi connectivity index (χ1n) is 9.18. The second-order valence-electron chi connectivity index (χ2n) is 6.50. The molecule has 5 nitrogen and oxygen atoms in total. The van der Waals surface area contributed by atoms with Gasteiger partial charge in [-0.2, -0.15) is 0 Å². The molecule has 0 bridgehead atoms. The number of aliphatic hydroxyl groups excluding tert-OH is 1. The largest absolute Gasteiger partial charge is 0.392 e. The van der Waals surface area contributed by atoms with Gasteiger partial charge in [0, 0.05) is 5.56 Å². The first-order valence-corrected chi connectivity index (χ1v) is 10.1. The van der Waals surface area contributed by atoms with Gasteiger partial charge in [0.25, 0.3) is 0 Å². The lowest BCUT2D eigenvalue weighted by atomic mass is 10.1. The number of anilines is 1. The molecule has 0 aliphatic carbocycles. The molecule has 0 unspecified atom stereocenters. The lowest BCUT2D eigenvalue weighted by molar-refractivity contribution is -0.115. The van der Waals surface area contributed by atoms with Crippen LogP contribution in [-0.2, 0) is 17.8 Å². The van der Waals surface area contributed by atoms with E-state index in [2.05, 4.69) is 10.3 Å². The maximum absolute atomic E-state index is 12.5. The minimum atomic E-state index is -0.136. The van der Waals surface area contributed by atoms with Gasteiger partial charge in [-0.25, -0.2) is 9.97 Å². The van der Waals surface area contributed by atoms with Crippen LogP contribution in [0, 0.1) is 0 Å². The minimum Gasteiger partial charge on any atom is -0.392 e. The summed E-state index contributed by atoms with van der Waals surface area (Å²) in [7, 11) is 0. The van der Waals surface area contributed by atoms with Crippen LogP contribution in [0.15, 0.2) is 78.3 Å². The molecule has 2 heterocycles. The van der Waals surface area contributed by atoms with Gasteiger partial charge in [0.2, 0.25) is 5.91 Å². The molecule has 2 aromatic heterocycles. The molecule has 0 radical (unpaired) electrons. The van der Waals surface area contributed by atoms with E-state index in [1.165, 1.54) is 0 Å². The van der Waals surface area contributed by atoms with E-state index in [1.54, 1.807) is 17.5 Å². The van der Waals surface area contributed by atoms with Crippen molar-refractivity contribution in [3.63, 3.8) is 0 Å². The van der Waals surface area contributed by atoms with Gasteiger partial charge in [0.15, 0.2) is 5.82 Å². The normalized spacial score (nSPS) is 10.7. The van der Waals surface area contributed by atoms with Crippen LogP contribution >= 0.6 is 11.3 Å². The molecule has 29 heavy (non-hydrogen) atoms. The molecular weight excluding hydrogens is 382 g/mol. The lowest BCUT2D eigenvalue weighted by Gasteiger charge is -2.11. The summed E-state index contributed by atoms with van der Waals surface area (Å²) in [5.74, 6) is 0.312. The molecule has 2 N–H and O–H groups in total. The van der Waals surface area contributed by atoms with Crippen LogP contribution < -0.4 is 5.32 Å². The van der Waals surface area contributed by atoms with Crippen molar-refractivity contribution in [1.29, 1.82) is 0 Å². The molecule has 6 heteroatoms. The molecule has 4 aromatic rings. The monoisotopic (exact) mass is 401 g/mol. The van der Waals surface area contributed by atoms with Crippen molar-refractivity contribution < 1.29 is 9.90 Å². The first-order chi connectivity index (χ1) is 14.2. The number of aromatic nitrogens is 2. The molecule has 0 saturated heterocycles. The van der Waals surface area contributed by atoms with E-state index in [9.17, 15) is 9.90 Å². The van der Waals surface area contributed by atoms with E-state index in [0.29, 0.717) is 17.2 Å². The molecule has 0 fully saturated rings. The number of hydrogen-bond acceptors (Lipinski definition) is 5. The third-order valence-corrected chi connectivity index (χ3v) is 5.30. The second-order valence-corrected chi connectivity index (χ2v) is 7.44. The summed E-state index contributed by atoms with van der Waals surface area (Å²) in [5, 5.41) is 14.1.